The highest BCUT2D eigenvalue weighted by atomic mass is 35.5. The number of carboxylic acid groups (broad SMARTS) is 1. The highest BCUT2D eigenvalue weighted by molar-refractivity contribution is 6.31. The molecule has 0 fully saturated rings. The molecule has 0 unspecified atom stereocenters. The van der Waals surface area contributed by atoms with Crippen molar-refractivity contribution in [3.8, 4) is 11.5 Å². The monoisotopic (exact) mass is 318 g/mol. The van der Waals surface area contributed by atoms with Crippen LogP contribution in [0.25, 0.3) is 6.08 Å². The quantitative estimate of drug-likeness (QED) is 0.817. The van der Waals surface area contributed by atoms with Gasteiger partial charge in [0.2, 0.25) is 0 Å². The van der Waals surface area contributed by atoms with E-state index in [4.69, 9.17) is 26.2 Å². The Bertz CT molecular complexity index is 695. The first-order valence-electron chi connectivity index (χ1n) is 6.55. The molecule has 0 amide bonds. The van der Waals surface area contributed by atoms with Crippen molar-refractivity contribution in [1.29, 1.82) is 0 Å². The third kappa shape index (κ3) is 4.27. The van der Waals surface area contributed by atoms with Crippen LogP contribution in [0, 0.1) is 0 Å². The Hall–Kier alpha value is -2.46. The summed E-state index contributed by atoms with van der Waals surface area (Å²) in [6, 6.07) is 12.6. The van der Waals surface area contributed by atoms with E-state index >= 15 is 0 Å². The van der Waals surface area contributed by atoms with E-state index in [-0.39, 0.29) is 0 Å². The van der Waals surface area contributed by atoms with Crippen LogP contribution in [0.15, 0.2) is 48.5 Å². The van der Waals surface area contributed by atoms with Gasteiger partial charge >= 0.3 is 5.97 Å². The fourth-order valence-corrected chi connectivity index (χ4v) is 2.04. The molecule has 2 aromatic rings. The Morgan fingerprint density at radius 1 is 1.23 bits per heavy atom. The van der Waals surface area contributed by atoms with Gasteiger partial charge < -0.3 is 14.6 Å². The fourth-order valence-electron chi connectivity index (χ4n) is 1.85. The van der Waals surface area contributed by atoms with Gasteiger partial charge in [0.1, 0.15) is 6.61 Å². The van der Waals surface area contributed by atoms with Gasteiger partial charge in [0.05, 0.1) is 7.11 Å². The van der Waals surface area contributed by atoms with E-state index in [1.807, 2.05) is 18.2 Å². The summed E-state index contributed by atoms with van der Waals surface area (Å²) in [7, 11) is 1.55. The van der Waals surface area contributed by atoms with E-state index in [1.54, 1.807) is 31.4 Å². The maximum atomic E-state index is 10.6. The molecule has 0 aromatic heterocycles. The first-order chi connectivity index (χ1) is 10.6. The SMILES string of the molecule is COc1ccc(C=CC(=O)O)cc1OCc1ccccc1Cl. The van der Waals surface area contributed by atoms with Crippen molar-refractivity contribution >= 4 is 23.6 Å². The molecular formula is C17H15ClO4. The van der Waals surface area contributed by atoms with Crippen LogP contribution in [0.2, 0.25) is 5.02 Å². The molecule has 0 aliphatic rings. The van der Waals surface area contributed by atoms with Crippen LogP contribution >= 0.6 is 11.6 Å². The van der Waals surface area contributed by atoms with E-state index in [9.17, 15) is 4.79 Å². The molecule has 0 spiro atoms. The molecule has 0 radical (unpaired) electrons. The predicted molar refractivity (Wildman–Crippen MR) is 85.4 cm³/mol. The number of aliphatic carboxylic acids is 1. The number of carbonyl (C=O) groups is 1. The minimum Gasteiger partial charge on any atom is -0.493 e. The average Bonchev–Trinajstić information content (AvgIpc) is 2.52. The topological polar surface area (TPSA) is 55.8 Å². The summed E-state index contributed by atoms with van der Waals surface area (Å²) in [5, 5.41) is 9.30. The number of hydrogen-bond acceptors (Lipinski definition) is 3. The molecule has 2 rings (SSSR count). The second-order valence-corrected chi connectivity index (χ2v) is 4.87. The van der Waals surface area contributed by atoms with Crippen molar-refractivity contribution in [3.63, 3.8) is 0 Å². The number of methoxy groups -OCH3 is 1. The van der Waals surface area contributed by atoms with Gasteiger partial charge in [0.15, 0.2) is 11.5 Å². The van der Waals surface area contributed by atoms with Gasteiger partial charge in [-0.1, -0.05) is 35.9 Å². The smallest absolute Gasteiger partial charge is 0.328 e. The highest BCUT2D eigenvalue weighted by Crippen LogP contribution is 2.30. The van der Waals surface area contributed by atoms with Crippen molar-refractivity contribution in [2.45, 2.75) is 6.61 Å². The summed E-state index contributed by atoms with van der Waals surface area (Å²) in [6.45, 7) is 0.294. The zero-order valence-corrected chi connectivity index (χ0v) is 12.7. The number of halogens is 1. The van der Waals surface area contributed by atoms with Crippen LogP contribution in [0.1, 0.15) is 11.1 Å². The lowest BCUT2D eigenvalue weighted by atomic mass is 10.2. The molecule has 0 saturated heterocycles. The summed E-state index contributed by atoms with van der Waals surface area (Å²) in [5.41, 5.74) is 1.56. The maximum absolute atomic E-state index is 10.6. The van der Waals surface area contributed by atoms with E-state index in [0.717, 1.165) is 11.6 Å². The molecule has 0 bridgehead atoms. The molecule has 22 heavy (non-hydrogen) atoms. The number of hydrogen-bond donors (Lipinski definition) is 1. The first kappa shape index (κ1) is 15.9. The minimum absolute atomic E-state index is 0.294. The largest absolute Gasteiger partial charge is 0.493 e. The average molecular weight is 319 g/mol. The lowest BCUT2D eigenvalue weighted by Gasteiger charge is -2.12. The van der Waals surface area contributed by atoms with Gasteiger partial charge in [0, 0.05) is 16.7 Å². The van der Waals surface area contributed by atoms with Crippen LogP contribution < -0.4 is 9.47 Å². The Morgan fingerprint density at radius 2 is 2.00 bits per heavy atom. The van der Waals surface area contributed by atoms with E-state index in [1.165, 1.54) is 6.08 Å². The second-order valence-electron chi connectivity index (χ2n) is 4.46. The van der Waals surface area contributed by atoms with Crippen LogP contribution in [0.3, 0.4) is 0 Å². The number of ether oxygens (including phenoxy) is 2. The van der Waals surface area contributed by atoms with Crippen LogP contribution in [0.5, 0.6) is 11.5 Å². The Morgan fingerprint density at radius 3 is 2.68 bits per heavy atom. The van der Waals surface area contributed by atoms with Gasteiger partial charge in [-0.2, -0.15) is 0 Å². The Labute approximate surface area is 133 Å². The first-order valence-corrected chi connectivity index (χ1v) is 6.93. The van der Waals surface area contributed by atoms with Crippen molar-refractivity contribution in [2.24, 2.45) is 0 Å². The molecule has 114 valence electrons. The van der Waals surface area contributed by atoms with Crippen molar-refractivity contribution in [2.75, 3.05) is 7.11 Å². The van der Waals surface area contributed by atoms with Crippen LogP contribution in [-0.4, -0.2) is 18.2 Å². The summed E-state index contributed by atoms with van der Waals surface area (Å²) in [5.74, 6) is 0.0869. The van der Waals surface area contributed by atoms with Gasteiger partial charge in [0.25, 0.3) is 0 Å². The van der Waals surface area contributed by atoms with Gasteiger partial charge in [-0.15, -0.1) is 0 Å². The molecule has 0 heterocycles. The third-order valence-corrected chi connectivity index (χ3v) is 3.32. The summed E-state index contributed by atoms with van der Waals surface area (Å²) in [6.07, 6.45) is 2.56. The predicted octanol–water partition coefficient (Wildman–Crippen LogP) is 4.03. The van der Waals surface area contributed by atoms with Crippen molar-refractivity contribution in [1.82, 2.24) is 0 Å². The normalized spacial score (nSPS) is 10.6. The molecule has 0 atom stereocenters. The number of rotatable bonds is 6. The summed E-state index contributed by atoms with van der Waals surface area (Å²) < 4.78 is 11.0. The van der Waals surface area contributed by atoms with Gasteiger partial charge in [-0.05, 0) is 29.8 Å². The maximum Gasteiger partial charge on any atom is 0.328 e. The lowest BCUT2D eigenvalue weighted by Crippen LogP contribution is -1.98. The number of carboxylic acids is 1. The van der Waals surface area contributed by atoms with Crippen molar-refractivity contribution in [3.05, 3.63) is 64.7 Å². The zero-order chi connectivity index (χ0) is 15.9. The second kappa shape index (κ2) is 7.52. The van der Waals surface area contributed by atoms with E-state index < -0.39 is 5.97 Å². The highest BCUT2D eigenvalue weighted by Gasteiger charge is 2.07. The number of benzene rings is 2. The van der Waals surface area contributed by atoms with Crippen LogP contribution in [0.4, 0.5) is 0 Å². The minimum atomic E-state index is -1.01. The molecule has 4 nitrogen and oxygen atoms in total. The standard InChI is InChI=1S/C17H15ClO4/c1-21-15-8-6-12(7-9-17(19)20)10-16(15)22-11-13-4-2-3-5-14(13)18/h2-10H,11H2,1H3,(H,19,20). The molecule has 2 aromatic carbocycles. The molecule has 0 saturated carbocycles. The van der Waals surface area contributed by atoms with Crippen molar-refractivity contribution < 1.29 is 19.4 Å². The Balaban J connectivity index is 2.19. The fraction of sp³-hybridized carbons (Fsp3) is 0.118. The molecular weight excluding hydrogens is 304 g/mol. The molecule has 1 N–H and O–H groups in total. The molecule has 0 aliphatic heterocycles. The van der Waals surface area contributed by atoms with E-state index in [2.05, 4.69) is 0 Å². The zero-order valence-electron chi connectivity index (χ0n) is 12.0. The van der Waals surface area contributed by atoms with Crippen LogP contribution in [-0.2, 0) is 11.4 Å². The summed E-state index contributed by atoms with van der Waals surface area (Å²) in [4.78, 5) is 10.6. The van der Waals surface area contributed by atoms with Gasteiger partial charge in [-0.3, -0.25) is 0 Å². The third-order valence-electron chi connectivity index (χ3n) is 2.95. The lowest BCUT2D eigenvalue weighted by molar-refractivity contribution is -0.131. The van der Waals surface area contributed by atoms with E-state index in [0.29, 0.717) is 28.7 Å². The Kier molecular flexibility index (Phi) is 5.44. The van der Waals surface area contributed by atoms with Gasteiger partial charge in [-0.25, -0.2) is 4.79 Å². The summed E-state index contributed by atoms with van der Waals surface area (Å²) >= 11 is 6.09. The molecule has 5 heteroatoms. The molecule has 0 aliphatic carbocycles.